The maximum atomic E-state index is 12.2. The first kappa shape index (κ1) is 23.3. The molecule has 0 spiro atoms. The smallest absolute Gasteiger partial charge is 0.343 e. The molecule has 5 heteroatoms. The largest absolute Gasteiger partial charge is 0.423 e. The normalized spacial score (nSPS) is 10.9. The van der Waals surface area contributed by atoms with E-state index in [1.54, 1.807) is 42.6 Å². The second-order valence-corrected chi connectivity index (χ2v) is 7.49. The molecule has 0 radical (unpaired) electrons. The van der Waals surface area contributed by atoms with E-state index in [1.165, 1.54) is 32.1 Å². The number of aryl methyl sites for hydroxylation is 1. The second-order valence-electron chi connectivity index (χ2n) is 7.49. The number of carbonyl (C=O) groups is 2. The Morgan fingerprint density at radius 2 is 1.67 bits per heavy atom. The highest BCUT2D eigenvalue weighted by atomic mass is 16.5. The van der Waals surface area contributed by atoms with Crippen LogP contribution in [0.2, 0.25) is 0 Å². The molecule has 0 aliphatic carbocycles. The van der Waals surface area contributed by atoms with Crippen LogP contribution in [-0.2, 0) is 4.79 Å². The number of hydrogen-bond donors (Lipinski definition) is 1. The number of amides is 1. The van der Waals surface area contributed by atoms with E-state index in [-0.39, 0.29) is 5.91 Å². The van der Waals surface area contributed by atoms with Gasteiger partial charge in [-0.25, -0.2) is 10.2 Å². The third-order valence-corrected chi connectivity index (χ3v) is 4.75. The van der Waals surface area contributed by atoms with E-state index in [9.17, 15) is 9.59 Å². The molecule has 0 saturated carbocycles. The molecular formula is C25H32N2O3. The van der Waals surface area contributed by atoms with Crippen molar-refractivity contribution in [1.82, 2.24) is 5.43 Å². The Kier molecular flexibility index (Phi) is 10.3. The van der Waals surface area contributed by atoms with Gasteiger partial charge in [0.25, 0.3) is 0 Å². The fourth-order valence-corrected chi connectivity index (χ4v) is 3.04. The number of rotatable bonds is 12. The standard InChI is InChI=1S/C25H32N2O3/c1-3-4-5-6-7-8-9-13-24(28)27-26-19-21-14-16-23(17-15-21)30-25(29)22-12-10-11-20(2)18-22/h10-12,14-19H,3-9,13H2,1-2H3,(H,27,28)/b26-19+. The summed E-state index contributed by atoms with van der Waals surface area (Å²) in [5, 5.41) is 4.00. The number of esters is 1. The van der Waals surface area contributed by atoms with Gasteiger partial charge in [-0.15, -0.1) is 0 Å². The van der Waals surface area contributed by atoms with Crippen molar-refractivity contribution >= 4 is 18.1 Å². The average molecular weight is 409 g/mol. The van der Waals surface area contributed by atoms with Crippen LogP contribution in [0.4, 0.5) is 0 Å². The van der Waals surface area contributed by atoms with Gasteiger partial charge in [0, 0.05) is 6.42 Å². The number of unbranched alkanes of at least 4 members (excludes halogenated alkanes) is 6. The van der Waals surface area contributed by atoms with Gasteiger partial charge in [-0.2, -0.15) is 5.10 Å². The summed E-state index contributed by atoms with van der Waals surface area (Å²) in [7, 11) is 0. The first-order valence-electron chi connectivity index (χ1n) is 10.8. The quantitative estimate of drug-likeness (QED) is 0.159. The van der Waals surface area contributed by atoms with Gasteiger partial charge in [-0.05, 0) is 55.3 Å². The molecule has 2 rings (SSSR count). The molecule has 5 nitrogen and oxygen atoms in total. The second kappa shape index (κ2) is 13.3. The third-order valence-electron chi connectivity index (χ3n) is 4.75. The SMILES string of the molecule is CCCCCCCCCC(=O)N/N=C/c1ccc(OC(=O)c2cccc(C)c2)cc1. The van der Waals surface area contributed by atoms with Gasteiger partial charge < -0.3 is 4.74 Å². The van der Waals surface area contributed by atoms with Gasteiger partial charge in [-0.1, -0.05) is 63.1 Å². The highest BCUT2D eigenvalue weighted by molar-refractivity contribution is 5.91. The average Bonchev–Trinajstić information content (AvgIpc) is 2.74. The molecule has 0 unspecified atom stereocenters. The summed E-state index contributed by atoms with van der Waals surface area (Å²) < 4.78 is 5.39. The fraction of sp³-hybridized carbons (Fsp3) is 0.400. The van der Waals surface area contributed by atoms with Crippen LogP contribution in [0, 0.1) is 6.92 Å². The lowest BCUT2D eigenvalue weighted by Gasteiger charge is -2.05. The molecule has 1 N–H and O–H groups in total. The van der Waals surface area contributed by atoms with E-state index in [2.05, 4.69) is 17.5 Å². The van der Waals surface area contributed by atoms with E-state index in [4.69, 9.17) is 4.74 Å². The Morgan fingerprint density at radius 1 is 0.967 bits per heavy atom. The Bertz CT molecular complexity index is 829. The maximum Gasteiger partial charge on any atom is 0.343 e. The van der Waals surface area contributed by atoms with Gasteiger partial charge in [0.05, 0.1) is 11.8 Å². The molecular weight excluding hydrogens is 376 g/mol. The van der Waals surface area contributed by atoms with Crippen molar-refractivity contribution in [3.8, 4) is 5.75 Å². The molecule has 0 atom stereocenters. The molecule has 2 aromatic rings. The number of hydrogen-bond acceptors (Lipinski definition) is 4. The molecule has 0 bridgehead atoms. The van der Waals surface area contributed by atoms with Gasteiger partial charge in [0.15, 0.2) is 0 Å². The summed E-state index contributed by atoms with van der Waals surface area (Å²) in [5.41, 5.74) is 4.89. The summed E-state index contributed by atoms with van der Waals surface area (Å²) in [6.07, 6.45) is 10.3. The van der Waals surface area contributed by atoms with Crippen LogP contribution in [0.3, 0.4) is 0 Å². The zero-order chi connectivity index (χ0) is 21.6. The van der Waals surface area contributed by atoms with E-state index >= 15 is 0 Å². The lowest BCUT2D eigenvalue weighted by Crippen LogP contribution is -2.16. The molecule has 0 aliphatic heterocycles. The minimum Gasteiger partial charge on any atom is -0.423 e. The first-order chi connectivity index (χ1) is 14.6. The number of nitrogens with zero attached hydrogens (tertiary/aromatic N) is 1. The van der Waals surface area contributed by atoms with Gasteiger partial charge in [0.1, 0.15) is 5.75 Å². The lowest BCUT2D eigenvalue weighted by atomic mass is 10.1. The van der Waals surface area contributed by atoms with Crippen molar-refractivity contribution < 1.29 is 14.3 Å². The monoisotopic (exact) mass is 408 g/mol. The van der Waals surface area contributed by atoms with Crippen LogP contribution in [0.5, 0.6) is 5.75 Å². The van der Waals surface area contributed by atoms with Crippen LogP contribution in [0.1, 0.15) is 79.8 Å². The van der Waals surface area contributed by atoms with Crippen molar-refractivity contribution in [3.63, 3.8) is 0 Å². The van der Waals surface area contributed by atoms with E-state index in [0.29, 0.717) is 17.7 Å². The Hall–Kier alpha value is -2.95. The summed E-state index contributed by atoms with van der Waals surface area (Å²) in [4.78, 5) is 24.0. The molecule has 1 amide bonds. The minimum absolute atomic E-state index is 0.0662. The van der Waals surface area contributed by atoms with Crippen molar-refractivity contribution in [2.24, 2.45) is 5.10 Å². The van der Waals surface area contributed by atoms with Gasteiger partial charge >= 0.3 is 5.97 Å². The predicted molar refractivity (Wildman–Crippen MR) is 121 cm³/mol. The lowest BCUT2D eigenvalue weighted by molar-refractivity contribution is -0.121. The van der Waals surface area contributed by atoms with E-state index in [1.807, 2.05) is 19.1 Å². The molecule has 160 valence electrons. The number of nitrogens with one attached hydrogen (secondary N) is 1. The highest BCUT2D eigenvalue weighted by Gasteiger charge is 2.08. The zero-order valence-corrected chi connectivity index (χ0v) is 18.0. The van der Waals surface area contributed by atoms with Crippen molar-refractivity contribution in [1.29, 1.82) is 0 Å². The number of hydrazone groups is 1. The molecule has 0 aliphatic rings. The topological polar surface area (TPSA) is 67.8 Å². The Labute approximate surface area is 179 Å². The molecule has 0 saturated heterocycles. The molecule has 30 heavy (non-hydrogen) atoms. The summed E-state index contributed by atoms with van der Waals surface area (Å²) in [5.74, 6) is 0.00267. The number of benzene rings is 2. The highest BCUT2D eigenvalue weighted by Crippen LogP contribution is 2.14. The van der Waals surface area contributed by atoms with Crippen molar-refractivity contribution in [3.05, 3.63) is 65.2 Å². The fourth-order valence-electron chi connectivity index (χ4n) is 3.04. The summed E-state index contributed by atoms with van der Waals surface area (Å²) in [6.45, 7) is 4.14. The van der Waals surface area contributed by atoms with E-state index < -0.39 is 5.97 Å². The van der Waals surface area contributed by atoms with Crippen molar-refractivity contribution in [2.45, 2.75) is 65.2 Å². The Balaban J connectivity index is 1.69. The third kappa shape index (κ3) is 9.03. The molecule has 0 fully saturated rings. The number of ether oxygens (including phenoxy) is 1. The summed E-state index contributed by atoms with van der Waals surface area (Å²) >= 11 is 0. The van der Waals surface area contributed by atoms with Gasteiger partial charge in [-0.3, -0.25) is 4.79 Å². The van der Waals surface area contributed by atoms with Gasteiger partial charge in [0.2, 0.25) is 5.91 Å². The molecule has 0 heterocycles. The zero-order valence-electron chi connectivity index (χ0n) is 18.0. The van der Waals surface area contributed by atoms with Crippen LogP contribution < -0.4 is 10.2 Å². The van der Waals surface area contributed by atoms with Crippen molar-refractivity contribution in [2.75, 3.05) is 0 Å². The predicted octanol–water partition coefficient (Wildman–Crippen LogP) is 5.81. The van der Waals surface area contributed by atoms with E-state index in [0.717, 1.165) is 24.0 Å². The molecule has 0 aromatic heterocycles. The maximum absolute atomic E-state index is 12.2. The van der Waals surface area contributed by atoms with Crippen LogP contribution in [0.15, 0.2) is 53.6 Å². The van der Waals surface area contributed by atoms with Crippen LogP contribution >= 0.6 is 0 Å². The number of carbonyl (C=O) groups excluding carboxylic acids is 2. The summed E-state index contributed by atoms with van der Waals surface area (Å²) in [6, 6.07) is 14.2. The Morgan fingerprint density at radius 3 is 2.37 bits per heavy atom. The molecule has 2 aromatic carbocycles. The van der Waals surface area contributed by atoms with Crippen LogP contribution in [0.25, 0.3) is 0 Å². The van der Waals surface area contributed by atoms with Crippen LogP contribution in [-0.4, -0.2) is 18.1 Å². The minimum atomic E-state index is -0.391. The first-order valence-corrected chi connectivity index (χ1v) is 10.8.